The predicted octanol–water partition coefficient (Wildman–Crippen LogP) is 1.47. The second kappa shape index (κ2) is 8.04. The molecule has 3 nitrogen and oxygen atoms in total. The van der Waals surface area contributed by atoms with Gasteiger partial charge < -0.3 is 15.3 Å². The number of aliphatic hydroxyl groups is 1. The van der Waals surface area contributed by atoms with Crippen molar-refractivity contribution in [1.29, 1.82) is 0 Å². The first kappa shape index (κ1) is 13.9. The molecule has 1 rings (SSSR count). The lowest BCUT2D eigenvalue weighted by Crippen LogP contribution is -2.37. The van der Waals surface area contributed by atoms with Gasteiger partial charge >= 0.3 is 0 Å². The average Bonchev–Trinajstić information content (AvgIpc) is 2.25. The number of nitrogens with one attached hydrogen (secondary N) is 1. The third kappa shape index (κ3) is 5.83. The minimum absolute atomic E-state index is 0.355. The summed E-state index contributed by atoms with van der Waals surface area (Å²) in [5.41, 5.74) is 0. The van der Waals surface area contributed by atoms with Crippen LogP contribution >= 0.6 is 0 Å². The minimum Gasteiger partial charge on any atom is -0.396 e. The zero-order valence-electron chi connectivity index (χ0n) is 10.9. The van der Waals surface area contributed by atoms with Crippen LogP contribution in [-0.4, -0.2) is 48.8 Å². The monoisotopic (exact) mass is 228 g/mol. The maximum atomic E-state index is 8.95. The van der Waals surface area contributed by atoms with Crippen LogP contribution < -0.4 is 5.32 Å². The minimum atomic E-state index is 0.355. The smallest absolute Gasteiger partial charge is 0.0434 e. The molecule has 1 unspecified atom stereocenters. The molecule has 0 aliphatic carbocycles. The number of nitrogens with zero attached hydrogens (tertiary/aromatic N) is 1. The highest BCUT2D eigenvalue weighted by atomic mass is 16.3. The van der Waals surface area contributed by atoms with Gasteiger partial charge in [-0.15, -0.1) is 0 Å². The van der Waals surface area contributed by atoms with Gasteiger partial charge in [-0.25, -0.2) is 0 Å². The summed E-state index contributed by atoms with van der Waals surface area (Å²) in [6.45, 7) is 9.52. The number of likely N-dealkylation sites (tertiary alicyclic amines) is 1. The predicted molar refractivity (Wildman–Crippen MR) is 68.6 cm³/mol. The van der Waals surface area contributed by atoms with Crippen LogP contribution in [0.4, 0.5) is 0 Å². The van der Waals surface area contributed by atoms with E-state index in [1.54, 1.807) is 0 Å². The SMILES string of the molecule is CC(C)NCCCN1CCCC(CCO)C1. The molecule has 3 heteroatoms. The number of hydrogen-bond acceptors (Lipinski definition) is 3. The van der Waals surface area contributed by atoms with Crippen molar-refractivity contribution in [1.82, 2.24) is 10.2 Å². The van der Waals surface area contributed by atoms with Gasteiger partial charge in [0.05, 0.1) is 0 Å². The summed E-state index contributed by atoms with van der Waals surface area (Å²) in [5.74, 6) is 0.733. The van der Waals surface area contributed by atoms with Gasteiger partial charge in [-0.3, -0.25) is 0 Å². The highest BCUT2D eigenvalue weighted by molar-refractivity contribution is 4.73. The van der Waals surface area contributed by atoms with E-state index in [0.29, 0.717) is 12.6 Å². The van der Waals surface area contributed by atoms with E-state index >= 15 is 0 Å². The second-order valence-corrected chi connectivity index (χ2v) is 5.28. The molecule has 0 bridgehead atoms. The topological polar surface area (TPSA) is 35.5 Å². The summed E-state index contributed by atoms with van der Waals surface area (Å²) in [6, 6.07) is 0.600. The third-order valence-corrected chi connectivity index (χ3v) is 3.34. The van der Waals surface area contributed by atoms with Crippen LogP contribution in [0.25, 0.3) is 0 Å². The Balaban J connectivity index is 2.07. The molecular weight excluding hydrogens is 200 g/mol. The maximum absolute atomic E-state index is 8.95. The maximum Gasteiger partial charge on any atom is 0.0434 e. The van der Waals surface area contributed by atoms with Crippen LogP contribution in [0.2, 0.25) is 0 Å². The van der Waals surface area contributed by atoms with E-state index in [-0.39, 0.29) is 0 Å². The van der Waals surface area contributed by atoms with E-state index < -0.39 is 0 Å². The molecule has 1 aliphatic heterocycles. The molecule has 0 saturated carbocycles. The number of hydrogen-bond donors (Lipinski definition) is 2. The van der Waals surface area contributed by atoms with E-state index in [9.17, 15) is 0 Å². The van der Waals surface area contributed by atoms with Crippen LogP contribution in [0.15, 0.2) is 0 Å². The lowest BCUT2D eigenvalue weighted by atomic mass is 9.95. The van der Waals surface area contributed by atoms with Crippen molar-refractivity contribution in [2.24, 2.45) is 5.92 Å². The Hall–Kier alpha value is -0.120. The molecule has 1 aliphatic rings. The Morgan fingerprint density at radius 3 is 2.94 bits per heavy atom. The molecule has 1 saturated heterocycles. The Morgan fingerprint density at radius 2 is 2.25 bits per heavy atom. The zero-order valence-corrected chi connectivity index (χ0v) is 10.9. The first-order valence-electron chi connectivity index (χ1n) is 6.79. The van der Waals surface area contributed by atoms with Crippen LogP contribution in [0, 0.1) is 5.92 Å². The van der Waals surface area contributed by atoms with Crippen LogP contribution in [0.5, 0.6) is 0 Å². The van der Waals surface area contributed by atoms with Gasteiger partial charge in [0.2, 0.25) is 0 Å². The number of piperidine rings is 1. The Morgan fingerprint density at radius 1 is 1.44 bits per heavy atom. The lowest BCUT2D eigenvalue weighted by Gasteiger charge is -2.32. The molecule has 0 spiro atoms. The van der Waals surface area contributed by atoms with Crippen molar-refractivity contribution in [3.8, 4) is 0 Å². The van der Waals surface area contributed by atoms with Crippen molar-refractivity contribution >= 4 is 0 Å². The van der Waals surface area contributed by atoms with Crippen molar-refractivity contribution in [2.45, 2.75) is 45.6 Å². The molecule has 0 radical (unpaired) electrons. The van der Waals surface area contributed by atoms with E-state index in [1.807, 2.05) is 0 Å². The van der Waals surface area contributed by atoms with Gasteiger partial charge in [-0.2, -0.15) is 0 Å². The van der Waals surface area contributed by atoms with E-state index in [1.165, 1.54) is 38.9 Å². The first-order valence-corrected chi connectivity index (χ1v) is 6.79. The van der Waals surface area contributed by atoms with Gasteiger partial charge in [-0.05, 0) is 51.2 Å². The van der Waals surface area contributed by atoms with Gasteiger partial charge in [0.1, 0.15) is 0 Å². The Bertz CT molecular complexity index is 171. The fraction of sp³-hybridized carbons (Fsp3) is 1.00. The summed E-state index contributed by atoms with van der Waals surface area (Å²) in [4.78, 5) is 2.56. The van der Waals surface area contributed by atoms with E-state index in [0.717, 1.165) is 18.9 Å². The molecular formula is C13H28N2O. The number of rotatable bonds is 7. The number of aliphatic hydroxyl groups excluding tert-OH is 1. The fourth-order valence-corrected chi connectivity index (χ4v) is 2.47. The summed E-state index contributed by atoms with van der Waals surface area (Å²) >= 11 is 0. The van der Waals surface area contributed by atoms with E-state index in [2.05, 4.69) is 24.1 Å². The molecule has 1 heterocycles. The van der Waals surface area contributed by atoms with Crippen molar-refractivity contribution in [2.75, 3.05) is 32.8 Å². The van der Waals surface area contributed by atoms with Crippen LogP contribution in [-0.2, 0) is 0 Å². The summed E-state index contributed by atoms with van der Waals surface area (Å²) < 4.78 is 0. The highest BCUT2D eigenvalue weighted by Gasteiger charge is 2.18. The molecule has 2 N–H and O–H groups in total. The van der Waals surface area contributed by atoms with Crippen LogP contribution in [0.1, 0.15) is 39.5 Å². The molecule has 1 fully saturated rings. The molecule has 0 aromatic rings. The Labute approximate surface area is 100 Å². The third-order valence-electron chi connectivity index (χ3n) is 3.34. The molecule has 0 aromatic carbocycles. The largest absolute Gasteiger partial charge is 0.396 e. The average molecular weight is 228 g/mol. The molecule has 96 valence electrons. The molecule has 1 atom stereocenters. The highest BCUT2D eigenvalue weighted by Crippen LogP contribution is 2.18. The van der Waals surface area contributed by atoms with Crippen molar-refractivity contribution in [3.63, 3.8) is 0 Å². The standard InChI is InChI=1S/C13H28N2O/c1-12(2)14-7-4-9-15-8-3-5-13(11-15)6-10-16/h12-14,16H,3-11H2,1-2H3. The molecule has 0 amide bonds. The summed E-state index contributed by atoms with van der Waals surface area (Å²) in [7, 11) is 0. The van der Waals surface area contributed by atoms with Gasteiger partial charge in [0.15, 0.2) is 0 Å². The van der Waals surface area contributed by atoms with Crippen molar-refractivity contribution < 1.29 is 5.11 Å². The fourth-order valence-electron chi connectivity index (χ4n) is 2.47. The second-order valence-electron chi connectivity index (χ2n) is 5.28. The lowest BCUT2D eigenvalue weighted by molar-refractivity contribution is 0.146. The first-order chi connectivity index (χ1) is 7.72. The van der Waals surface area contributed by atoms with E-state index in [4.69, 9.17) is 5.11 Å². The zero-order chi connectivity index (χ0) is 11.8. The van der Waals surface area contributed by atoms with Gasteiger partial charge in [-0.1, -0.05) is 13.8 Å². The quantitative estimate of drug-likeness (QED) is 0.648. The van der Waals surface area contributed by atoms with Gasteiger partial charge in [0, 0.05) is 19.2 Å². The normalized spacial score (nSPS) is 22.9. The summed E-state index contributed by atoms with van der Waals surface area (Å²) in [5, 5.41) is 12.4. The molecule has 0 aromatic heterocycles. The van der Waals surface area contributed by atoms with Crippen LogP contribution in [0.3, 0.4) is 0 Å². The van der Waals surface area contributed by atoms with Gasteiger partial charge in [0.25, 0.3) is 0 Å². The summed E-state index contributed by atoms with van der Waals surface area (Å²) in [6.07, 6.45) is 4.84. The Kier molecular flexibility index (Phi) is 7.01. The molecule has 16 heavy (non-hydrogen) atoms. The van der Waals surface area contributed by atoms with Crippen molar-refractivity contribution in [3.05, 3.63) is 0 Å².